The molecule has 3 nitrogen and oxygen atoms in total. The number of fused-ring (bicyclic) bond motifs is 7. The lowest BCUT2D eigenvalue weighted by Crippen LogP contribution is -2.67. The van der Waals surface area contributed by atoms with E-state index in [2.05, 4.69) is 54.5 Å². The quantitative estimate of drug-likeness (QED) is 0.443. The van der Waals surface area contributed by atoms with E-state index in [1.807, 2.05) is 0 Å². The van der Waals surface area contributed by atoms with Crippen molar-refractivity contribution < 1.29 is 15.0 Å². The Hall–Kier alpha value is -0.830. The van der Waals surface area contributed by atoms with Crippen molar-refractivity contribution in [2.45, 2.75) is 112 Å². The Kier molecular flexibility index (Phi) is 5.15. The molecule has 5 aliphatic rings. The molecule has 10 atom stereocenters. The van der Waals surface area contributed by atoms with Crippen LogP contribution in [-0.2, 0) is 4.79 Å². The molecule has 0 radical (unpaired) electrons. The van der Waals surface area contributed by atoms with Gasteiger partial charge in [-0.05, 0) is 114 Å². The van der Waals surface area contributed by atoms with Gasteiger partial charge >= 0.3 is 5.97 Å². The van der Waals surface area contributed by atoms with E-state index in [0.29, 0.717) is 40.1 Å². The molecule has 33 heavy (non-hydrogen) atoms. The number of hydrogen-bond acceptors (Lipinski definition) is 2. The van der Waals surface area contributed by atoms with E-state index in [9.17, 15) is 15.0 Å². The second kappa shape index (κ2) is 7.11. The molecule has 0 aliphatic heterocycles. The van der Waals surface area contributed by atoms with Gasteiger partial charge in [-0.3, -0.25) is 0 Å². The van der Waals surface area contributed by atoms with E-state index in [1.165, 1.54) is 38.5 Å². The van der Waals surface area contributed by atoms with E-state index in [1.54, 1.807) is 0 Å². The molecule has 0 saturated heterocycles. The van der Waals surface area contributed by atoms with Crippen LogP contribution in [0.15, 0.2) is 11.6 Å². The Bertz CT molecular complexity index is 874. The second-order valence-electron chi connectivity index (χ2n) is 14.7. The Labute approximate surface area is 201 Å². The van der Waals surface area contributed by atoms with Gasteiger partial charge in [-0.25, -0.2) is 4.79 Å². The minimum atomic E-state index is -0.701. The first-order chi connectivity index (χ1) is 15.2. The molecule has 5 rings (SSSR count). The molecular formula is C30H48O3. The van der Waals surface area contributed by atoms with Crippen LogP contribution in [0.25, 0.3) is 0 Å². The minimum Gasteiger partial charge on any atom is -0.478 e. The summed E-state index contributed by atoms with van der Waals surface area (Å²) < 4.78 is 0. The highest BCUT2D eigenvalue weighted by Crippen LogP contribution is 2.76. The first-order valence-electron chi connectivity index (χ1n) is 13.8. The van der Waals surface area contributed by atoms with Crippen LogP contribution in [0.1, 0.15) is 106 Å². The van der Waals surface area contributed by atoms with Gasteiger partial charge in [0.1, 0.15) is 0 Å². The largest absolute Gasteiger partial charge is 0.478 e. The first-order valence-corrected chi connectivity index (χ1v) is 13.8. The van der Waals surface area contributed by atoms with E-state index in [4.69, 9.17) is 0 Å². The summed E-state index contributed by atoms with van der Waals surface area (Å²) in [6.07, 6.45) is 12.5. The van der Waals surface area contributed by atoms with Crippen molar-refractivity contribution in [1.29, 1.82) is 0 Å². The highest BCUT2D eigenvalue weighted by atomic mass is 16.4. The summed E-state index contributed by atoms with van der Waals surface area (Å²) in [5, 5.41) is 20.8. The van der Waals surface area contributed by atoms with Gasteiger partial charge in [0.15, 0.2) is 0 Å². The highest BCUT2D eigenvalue weighted by molar-refractivity contribution is 5.87. The summed E-state index contributed by atoms with van der Waals surface area (Å²) in [6, 6.07) is 0. The van der Waals surface area contributed by atoms with Gasteiger partial charge in [-0.2, -0.15) is 0 Å². The molecule has 2 N–H and O–H groups in total. The number of carboxylic acid groups (broad SMARTS) is 1. The van der Waals surface area contributed by atoms with Gasteiger partial charge in [-0.15, -0.1) is 0 Å². The summed E-state index contributed by atoms with van der Waals surface area (Å²) in [7, 11) is 0. The molecule has 4 saturated carbocycles. The van der Waals surface area contributed by atoms with Crippen LogP contribution >= 0.6 is 0 Å². The fourth-order valence-corrected chi connectivity index (χ4v) is 11.4. The van der Waals surface area contributed by atoms with E-state index < -0.39 is 5.97 Å². The van der Waals surface area contributed by atoms with Crippen LogP contribution in [0.5, 0.6) is 0 Å². The average Bonchev–Trinajstić information content (AvgIpc) is 2.72. The van der Waals surface area contributed by atoms with Crippen molar-refractivity contribution in [2.75, 3.05) is 0 Å². The van der Waals surface area contributed by atoms with Gasteiger partial charge in [-0.1, -0.05) is 54.5 Å². The Balaban J connectivity index is 1.54. The summed E-state index contributed by atoms with van der Waals surface area (Å²) in [5.74, 6) is 1.82. The number of aliphatic hydroxyl groups is 1. The Morgan fingerprint density at radius 3 is 2.24 bits per heavy atom. The van der Waals surface area contributed by atoms with E-state index >= 15 is 0 Å². The lowest BCUT2D eigenvalue weighted by Gasteiger charge is -2.73. The molecule has 0 amide bonds. The Morgan fingerprint density at radius 1 is 0.879 bits per heavy atom. The van der Waals surface area contributed by atoms with Crippen molar-refractivity contribution >= 4 is 5.97 Å². The number of carbonyl (C=O) groups is 1. The molecule has 0 aromatic rings. The number of allylic oxidation sites excluding steroid dienone is 1. The van der Waals surface area contributed by atoms with Crippen LogP contribution in [0.3, 0.4) is 0 Å². The predicted molar refractivity (Wildman–Crippen MR) is 133 cm³/mol. The standard InChI is InChI=1S/C30H48O3/c1-18-19(25(32)33)10-13-27(4)16-17-29(6)20(24(18)27)8-9-22-28(5)14-12-23(31)26(2,3)21(28)11-15-30(22,29)7/h10,18,20-24,31H,8-9,11-17H2,1-7H3,(H,32,33)/t18-,20-,21+,22-,23+,24-,27-,28+,29-,30-/m1/s1. The predicted octanol–water partition coefficient (Wildman–Crippen LogP) is 7.09. The zero-order valence-electron chi connectivity index (χ0n) is 22.2. The van der Waals surface area contributed by atoms with Crippen molar-refractivity contribution in [3.8, 4) is 0 Å². The van der Waals surface area contributed by atoms with E-state index in [-0.39, 0.29) is 28.3 Å². The molecule has 0 aromatic carbocycles. The Morgan fingerprint density at radius 2 is 1.58 bits per heavy atom. The molecule has 4 fully saturated rings. The van der Waals surface area contributed by atoms with E-state index in [0.717, 1.165) is 19.3 Å². The maximum Gasteiger partial charge on any atom is 0.331 e. The maximum atomic E-state index is 12.1. The van der Waals surface area contributed by atoms with Crippen LogP contribution in [0, 0.1) is 56.7 Å². The molecule has 0 bridgehead atoms. The molecule has 5 aliphatic carbocycles. The third-order valence-corrected chi connectivity index (χ3v) is 13.4. The van der Waals surface area contributed by atoms with Crippen molar-refractivity contribution in [1.82, 2.24) is 0 Å². The third-order valence-electron chi connectivity index (χ3n) is 13.4. The van der Waals surface area contributed by atoms with Crippen LogP contribution < -0.4 is 0 Å². The van der Waals surface area contributed by atoms with Crippen LogP contribution in [0.4, 0.5) is 0 Å². The molecule has 0 heterocycles. The van der Waals surface area contributed by atoms with Gasteiger partial charge in [0, 0.05) is 5.57 Å². The van der Waals surface area contributed by atoms with Gasteiger partial charge in [0.25, 0.3) is 0 Å². The molecule has 186 valence electrons. The number of hydrogen-bond donors (Lipinski definition) is 2. The van der Waals surface area contributed by atoms with Crippen LogP contribution in [0.2, 0.25) is 0 Å². The van der Waals surface area contributed by atoms with Crippen molar-refractivity contribution in [3.05, 3.63) is 11.6 Å². The summed E-state index contributed by atoms with van der Waals surface area (Å²) in [4.78, 5) is 12.1. The fourth-order valence-electron chi connectivity index (χ4n) is 11.4. The summed E-state index contributed by atoms with van der Waals surface area (Å²) in [6.45, 7) is 17.1. The van der Waals surface area contributed by atoms with Crippen molar-refractivity contribution in [3.63, 3.8) is 0 Å². The number of aliphatic carboxylic acids is 1. The molecular weight excluding hydrogens is 408 g/mol. The van der Waals surface area contributed by atoms with Gasteiger partial charge in [0.2, 0.25) is 0 Å². The topological polar surface area (TPSA) is 57.5 Å². The fraction of sp³-hybridized carbons (Fsp3) is 0.900. The highest BCUT2D eigenvalue weighted by Gasteiger charge is 2.69. The van der Waals surface area contributed by atoms with Gasteiger partial charge < -0.3 is 10.2 Å². The smallest absolute Gasteiger partial charge is 0.331 e. The lowest BCUT2D eigenvalue weighted by molar-refractivity contribution is -0.250. The molecule has 0 aromatic heterocycles. The first kappa shape index (κ1) is 23.9. The van der Waals surface area contributed by atoms with Crippen LogP contribution in [-0.4, -0.2) is 22.3 Å². The number of aliphatic hydroxyl groups excluding tert-OH is 1. The number of rotatable bonds is 1. The zero-order chi connectivity index (χ0) is 24.2. The molecule has 3 heteroatoms. The maximum absolute atomic E-state index is 12.1. The van der Waals surface area contributed by atoms with Gasteiger partial charge in [0.05, 0.1) is 6.10 Å². The molecule has 0 unspecified atom stereocenters. The monoisotopic (exact) mass is 456 g/mol. The van der Waals surface area contributed by atoms with Crippen molar-refractivity contribution in [2.24, 2.45) is 56.7 Å². The summed E-state index contributed by atoms with van der Waals surface area (Å²) >= 11 is 0. The average molecular weight is 457 g/mol. The summed E-state index contributed by atoms with van der Waals surface area (Å²) in [5.41, 5.74) is 1.77. The third kappa shape index (κ3) is 2.87. The minimum absolute atomic E-state index is 0.00368. The SMILES string of the molecule is C[C@@H]1C(C(=O)O)=CC[C@]2(C)CC[C@]3(C)[C@H](CC[C@@H]4[C@@]5(C)CC[C@H](O)C(C)(C)[C@@H]5CC[C@]43C)[C@@H]12. The lowest BCUT2D eigenvalue weighted by atomic mass is 9.31. The number of carboxylic acids is 1. The normalized spacial score (nSPS) is 55.3. The molecule has 0 spiro atoms. The second-order valence-corrected chi connectivity index (χ2v) is 14.7. The zero-order valence-corrected chi connectivity index (χ0v) is 22.2.